The second-order valence-corrected chi connectivity index (χ2v) is 13.4. The summed E-state index contributed by atoms with van der Waals surface area (Å²) >= 11 is 0. The van der Waals surface area contributed by atoms with Crippen LogP contribution < -0.4 is 0 Å². The number of pyridine rings is 1. The first-order valence-electron chi connectivity index (χ1n) is 14.2. The molecule has 0 amide bonds. The topological polar surface area (TPSA) is 51.6 Å². The molecule has 0 saturated heterocycles. The van der Waals surface area contributed by atoms with E-state index in [1.807, 2.05) is 42.5 Å². The Morgan fingerprint density at radius 2 is 0.930 bits per heavy atom. The fourth-order valence-corrected chi connectivity index (χ4v) is 10.3. The molecule has 3 heterocycles. The summed E-state index contributed by atoms with van der Waals surface area (Å²) < 4.78 is 0. The van der Waals surface area contributed by atoms with Gasteiger partial charge < -0.3 is 0 Å². The van der Waals surface area contributed by atoms with Gasteiger partial charge in [0.05, 0.1) is 0 Å². The Balaban J connectivity index is 1.45. The quantitative estimate of drug-likeness (QED) is 0.207. The molecule has 0 radical (unpaired) electrons. The first kappa shape index (κ1) is 25.3. The van der Waals surface area contributed by atoms with Crippen molar-refractivity contribution in [2.45, 2.75) is 19.6 Å². The van der Waals surface area contributed by atoms with Crippen LogP contribution in [0.25, 0.3) is 45.3 Å². The third-order valence-electron chi connectivity index (χ3n) is 7.86. The van der Waals surface area contributed by atoms with Gasteiger partial charge in [0.15, 0.2) is 17.5 Å². The summed E-state index contributed by atoms with van der Waals surface area (Å²) in [5.74, 6) is 1.89. The average Bonchev–Trinajstić information content (AvgIpc) is 3.41. The summed E-state index contributed by atoms with van der Waals surface area (Å²) in [5.41, 5.74) is 5.20. The van der Waals surface area contributed by atoms with Crippen LogP contribution in [0.4, 0.5) is 0 Å². The minimum absolute atomic E-state index is 0.602. The van der Waals surface area contributed by atoms with Crippen LogP contribution in [-0.2, 0) is 0 Å². The highest BCUT2D eigenvalue weighted by Crippen LogP contribution is 2.80. The number of benzene rings is 5. The highest BCUT2D eigenvalue weighted by molar-refractivity contribution is 8.34. The van der Waals surface area contributed by atoms with Gasteiger partial charge >= 0.3 is 0 Å². The van der Waals surface area contributed by atoms with E-state index in [4.69, 9.17) is 15.0 Å². The molecular formula is C38H26N4S. The van der Waals surface area contributed by atoms with Crippen molar-refractivity contribution in [2.75, 3.05) is 0 Å². The molecule has 2 aromatic heterocycles. The second-order valence-electron chi connectivity index (χ2n) is 10.3. The number of fused-ring (bicyclic) bond motifs is 3. The first-order valence-corrected chi connectivity index (χ1v) is 15.9. The standard InChI is InChI=1S/C38H26N4S/c1-4-14-27(15-5-1)36-40-37(28-16-13-25-39-26-28)42-38(41-36)32-22-12-24-34-35(32)31-21-10-11-23-33(31)43(34,29-17-6-2-7-18-29)30-19-8-3-9-20-30/h1-26H. The summed E-state index contributed by atoms with van der Waals surface area (Å²) in [5, 5.41) is 0. The van der Waals surface area contributed by atoms with Gasteiger partial charge in [0.25, 0.3) is 0 Å². The van der Waals surface area contributed by atoms with Gasteiger partial charge in [0, 0.05) is 54.2 Å². The third-order valence-corrected chi connectivity index (χ3v) is 11.8. The Hall–Kier alpha value is -5.39. The lowest BCUT2D eigenvalue weighted by Gasteiger charge is -2.39. The SMILES string of the molecule is c1ccc(-c2nc(-c3cccnc3)nc(-c3cccc4c3-c3ccccc3S4(c3ccccc3)c3ccccc3)n2)cc1. The van der Waals surface area contributed by atoms with Crippen molar-refractivity contribution in [1.29, 1.82) is 0 Å². The predicted octanol–water partition coefficient (Wildman–Crippen LogP) is 9.59. The molecule has 8 rings (SSSR count). The minimum Gasteiger partial charge on any atom is -0.264 e. The Morgan fingerprint density at radius 3 is 1.60 bits per heavy atom. The van der Waals surface area contributed by atoms with E-state index in [2.05, 4.69) is 108 Å². The van der Waals surface area contributed by atoms with Crippen LogP contribution in [0, 0.1) is 0 Å². The molecule has 0 saturated carbocycles. The van der Waals surface area contributed by atoms with Crippen molar-refractivity contribution in [2.24, 2.45) is 0 Å². The van der Waals surface area contributed by atoms with Crippen molar-refractivity contribution in [3.8, 4) is 45.3 Å². The maximum Gasteiger partial charge on any atom is 0.165 e. The normalized spacial score (nSPS) is 13.6. The van der Waals surface area contributed by atoms with Gasteiger partial charge in [-0.1, -0.05) is 97.1 Å². The molecule has 0 spiro atoms. The maximum atomic E-state index is 5.11. The monoisotopic (exact) mass is 570 g/mol. The summed E-state index contributed by atoms with van der Waals surface area (Å²) in [4.78, 5) is 24.7. The van der Waals surface area contributed by atoms with E-state index in [1.165, 1.54) is 30.7 Å². The molecule has 0 fully saturated rings. The Morgan fingerprint density at radius 1 is 0.395 bits per heavy atom. The Bertz CT molecular complexity index is 1970. The third kappa shape index (κ3) is 4.09. The molecule has 4 nitrogen and oxygen atoms in total. The number of aromatic nitrogens is 4. The Labute approximate surface area is 252 Å². The molecule has 204 valence electrons. The van der Waals surface area contributed by atoms with Crippen LogP contribution in [0.2, 0.25) is 0 Å². The van der Waals surface area contributed by atoms with Crippen LogP contribution in [0.15, 0.2) is 178 Å². The lowest BCUT2D eigenvalue weighted by atomic mass is 9.99. The van der Waals surface area contributed by atoms with Gasteiger partial charge in [-0.2, -0.15) is 0 Å². The van der Waals surface area contributed by atoms with E-state index in [0.717, 1.165) is 16.7 Å². The molecular weight excluding hydrogens is 545 g/mol. The minimum atomic E-state index is -1.77. The van der Waals surface area contributed by atoms with Crippen LogP contribution in [0.5, 0.6) is 0 Å². The van der Waals surface area contributed by atoms with E-state index < -0.39 is 10.0 Å². The predicted molar refractivity (Wildman–Crippen MR) is 173 cm³/mol. The zero-order valence-electron chi connectivity index (χ0n) is 23.2. The summed E-state index contributed by atoms with van der Waals surface area (Å²) in [6.07, 6.45) is 3.57. The van der Waals surface area contributed by atoms with Crippen LogP contribution in [0.1, 0.15) is 0 Å². The fraction of sp³-hybridized carbons (Fsp3) is 0. The zero-order chi connectivity index (χ0) is 28.6. The van der Waals surface area contributed by atoms with Crippen molar-refractivity contribution in [1.82, 2.24) is 19.9 Å². The molecule has 0 unspecified atom stereocenters. The van der Waals surface area contributed by atoms with Gasteiger partial charge in [0.1, 0.15) is 0 Å². The van der Waals surface area contributed by atoms with Crippen molar-refractivity contribution >= 4 is 10.0 Å². The molecule has 7 aromatic rings. The van der Waals surface area contributed by atoms with Crippen molar-refractivity contribution in [3.63, 3.8) is 0 Å². The van der Waals surface area contributed by atoms with Gasteiger partial charge in [-0.15, -0.1) is 10.0 Å². The highest BCUT2D eigenvalue weighted by Gasteiger charge is 2.43. The number of hydrogen-bond acceptors (Lipinski definition) is 4. The fourth-order valence-electron chi connectivity index (χ4n) is 6.04. The molecule has 0 N–H and O–H groups in total. The molecule has 0 bridgehead atoms. The molecule has 43 heavy (non-hydrogen) atoms. The zero-order valence-corrected chi connectivity index (χ0v) is 24.0. The number of nitrogens with zero attached hydrogens (tertiary/aromatic N) is 4. The largest absolute Gasteiger partial charge is 0.264 e. The smallest absolute Gasteiger partial charge is 0.165 e. The number of hydrogen-bond donors (Lipinski definition) is 0. The Kier molecular flexibility index (Phi) is 6.16. The molecule has 5 aromatic carbocycles. The maximum absolute atomic E-state index is 5.11. The molecule has 0 atom stereocenters. The summed E-state index contributed by atoms with van der Waals surface area (Å²) in [7, 11) is -1.77. The summed E-state index contributed by atoms with van der Waals surface area (Å²) in [6.45, 7) is 0. The molecule has 0 aliphatic carbocycles. The average molecular weight is 571 g/mol. The van der Waals surface area contributed by atoms with Gasteiger partial charge in [-0.3, -0.25) is 4.98 Å². The van der Waals surface area contributed by atoms with E-state index >= 15 is 0 Å². The number of rotatable bonds is 5. The molecule has 5 heteroatoms. The van der Waals surface area contributed by atoms with Crippen molar-refractivity contribution in [3.05, 3.63) is 158 Å². The second kappa shape index (κ2) is 10.5. The molecule has 1 aliphatic rings. The molecule has 1 aliphatic heterocycles. The van der Waals surface area contributed by atoms with Crippen molar-refractivity contribution < 1.29 is 0 Å². The van der Waals surface area contributed by atoms with Gasteiger partial charge in [0.2, 0.25) is 0 Å². The van der Waals surface area contributed by atoms with Crippen LogP contribution >= 0.6 is 10.0 Å². The van der Waals surface area contributed by atoms with E-state index in [1.54, 1.807) is 12.4 Å². The van der Waals surface area contributed by atoms with E-state index in [-0.39, 0.29) is 0 Å². The van der Waals surface area contributed by atoms with Crippen LogP contribution in [-0.4, -0.2) is 19.9 Å². The summed E-state index contributed by atoms with van der Waals surface area (Å²) in [6, 6.07) is 51.3. The van der Waals surface area contributed by atoms with E-state index in [9.17, 15) is 0 Å². The van der Waals surface area contributed by atoms with Gasteiger partial charge in [-0.25, -0.2) is 15.0 Å². The highest BCUT2D eigenvalue weighted by atomic mass is 32.3. The lowest BCUT2D eigenvalue weighted by molar-refractivity contribution is 1.07. The van der Waals surface area contributed by atoms with E-state index in [0.29, 0.717) is 17.5 Å². The van der Waals surface area contributed by atoms with Gasteiger partial charge in [-0.05, 0) is 54.1 Å². The lowest BCUT2D eigenvalue weighted by Crippen LogP contribution is -2.03. The first-order chi connectivity index (χ1) is 21.3. The van der Waals surface area contributed by atoms with Crippen LogP contribution in [0.3, 0.4) is 0 Å².